The molecule has 0 spiro atoms. The molecule has 27 heavy (non-hydrogen) atoms. The molecule has 1 aromatic carbocycles. The zero-order chi connectivity index (χ0) is 18.8. The largest absolute Gasteiger partial charge is 0.330 e. The molecule has 2 aliphatic heterocycles. The summed E-state index contributed by atoms with van der Waals surface area (Å²) in [4.78, 5) is 15.2. The third kappa shape index (κ3) is 3.60. The third-order valence-corrected chi connectivity index (χ3v) is 5.80. The number of carbonyl (C=O) groups excluding carboxylic acids is 1. The Morgan fingerprint density at radius 2 is 1.89 bits per heavy atom. The van der Waals surface area contributed by atoms with Crippen molar-refractivity contribution in [3.63, 3.8) is 0 Å². The monoisotopic (exact) mass is 371 g/mol. The standard InChI is InChI=1S/C20H26FN5O/c1-14-19(23-24-26(14)17-9-11-22-12-10-17)20(27)25-13-3-2-4-18(25)15-5-7-16(21)8-6-15/h5-8,17-18,22H,2-4,9-13H2,1H3. The molecule has 1 amide bonds. The van der Waals surface area contributed by atoms with Gasteiger partial charge in [0.05, 0.1) is 17.8 Å². The summed E-state index contributed by atoms with van der Waals surface area (Å²) in [5.41, 5.74) is 2.27. The number of hydrogen-bond donors (Lipinski definition) is 1. The number of likely N-dealkylation sites (tertiary alicyclic amines) is 1. The van der Waals surface area contributed by atoms with Crippen LogP contribution in [0.5, 0.6) is 0 Å². The first-order chi connectivity index (χ1) is 13.1. The first-order valence-corrected chi connectivity index (χ1v) is 9.84. The molecule has 7 heteroatoms. The molecule has 1 atom stereocenters. The van der Waals surface area contributed by atoms with Gasteiger partial charge in [0.2, 0.25) is 0 Å². The van der Waals surface area contributed by atoms with Crippen LogP contribution in [0.25, 0.3) is 0 Å². The summed E-state index contributed by atoms with van der Waals surface area (Å²) in [5.74, 6) is -0.324. The molecule has 2 saturated heterocycles. The van der Waals surface area contributed by atoms with Crippen molar-refractivity contribution in [1.29, 1.82) is 0 Å². The summed E-state index contributed by atoms with van der Waals surface area (Å²) < 4.78 is 15.2. The van der Waals surface area contributed by atoms with Gasteiger partial charge in [-0.3, -0.25) is 4.79 Å². The Hall–Kier alpha value is -2.28. The molecular formula is C20H26FN5O. The molecule has 3 heterocycles. The normalized spacial score (nSPS) is 21.4. The molecular weight excluding hydrogens is 345 g/mol. The smallest absolute Gasteiger partial charge is 0.276 e. The Bertz CT molecular complexity index is 797. The van der Waals surface area contributed by atoms with Crippen molar-refractivity contribution in [2.75, 3.05) is 19.6 Å². The van der Waals surface area contributed by atoms with Crippen molar-refractivity contribution in [2.45, 2.75) is 51.1 Å². The Kier molecular flexibility index (Phi) is 5.20. The maximum atomic E-state index is 13.3. The van der Waals surface area contributed by atoms with Gasteiger partial charge in [-0.2, -0.15) is 0 Å². The summed E-state index contributed by atoms with van der Waals surface area (Å²) in [6, 6.07) is 6.76. The molecule has 1 unspecified atom stereocenters. The lowest BCUT2D eigenvalue weighted by molar-refractivity contribution is 0.0604. The van der Waals surface area contributed by atoms with Crippen LogP contribution >= 0.6 is 0 Å². The molecule has 1 aromatic heterocycles. The quantitative estimate of drug-likeness (QED) is 0.901. The number of rotatable bonds is 3. The number of piperidine rings is 2. The molecule has 0 aliphatic carbocycles. The SMILES string of the molecule is Cc1c(C(=O)N2CCCCC2c2ccc(F)cc2)nnn1C1CCNCC1. The summed E-state index contributed by atoms with van der Waals surface area (Å²) in [6.07, 6.45) is 4.93. The van der Waals surface area contributed by atoms with Gasteiger partial charge in [-0.05, 0) is 69.8 Å². The van der Waals surface area contributed by atoms with Gasteiger partial charge in [-0.15, -0.1) is 5.10 Å². The fraction of sp³-hybridized carbons (Fsp3) is 0.550. The second kappa shape index (κ2) is 7.76. The van der Waals surface area contributed by atoms with Crippen molar-refractivity contribution in [1.82, 2.24) is 25.2 Å². The van der Waals surface area contributed by atoms with E-state index in [1.54, 1.807) is 12.1 Å². The van der Waals surface area contributed by atoms with Gasteiger partial charge in [-0.25, -0.2) is 9.07 Å². The van der Waals surface area contributed by atoms with E-state index in [-0.39, 0.29) is 17.8 Å². The Labute approximate surface area is 158 Å². The van der Waals surface area contributed by atoms with E-state index < -0.39 is 0 Å². The number of carbonyl (C=O) groups is 1. The highest BCUT2D eigenvalue weighted by molar-refractivity contribution is 5.93. The van der Waals surface area contributed by atoms with E-state index in [4.69, 9.17) is 0 Å². The van der Waals surface area contributed by atoms with Crippen LogP contribution in [0.3, 0.4) is 0 Å². The maximum absolute atomic E-state index is 13.3. The van der Waals surface area contributed by atoms with Crippen LogP contribution in [-0.2, 0) is 0 Å². The Morgan fingerprint density at radius 1 is 1.15 bits per heavy atom. The average molecular weight is 371 g/mol. The minimum Gasteiger partial charge on any atom is -0.330 e. The molecule has 144 valence electrons. The number of hydrogen-bond acceptors (Lipinski definition) is 4. The van der Waals surface area contributed by atoms with Crippen molar-refractivity contribution in [2.24, 2.45) is 0 Å². The van der Waals surface area contributed by atoms with Crippen LogP contribution in [0.4, 0.5) is 4.39 Å². The van der Waals surface area contributed by atoms with E-state index >= 15 is 0 Å². The zero-order valence-corrected chi connectivity index (χ0v) is 15.7. The second-order valence-electron chi connectivity index (χ2n) is 7.51. The average Bonchev–Trinajstić information content (AvgIpc) is 3.10. The van der Waals surface area contributed by atoms with E-state index in [1.165, 1.54) is 12.1 Å². The number of nitrogens with one attached hydrogen (secondary N) is 1. The van der Waals surface area contributed by atoms with Crippen LogP contribution in [0.1, 0.15) is 65.9 Å². The van der Waals surface area contributed by atoms with Gasteiger partial charge in [0.1, 0.15) is 5.82 Å². The molecule has 6 nitrogen and oxygen atoms in total. The molecule has 0 radical (unpaired) electrons. The van der Waals surface area contributed by atoms with Crippen molar-refractivity contribution in [3.05, 3.63) is 47.0 Å². The van der Waals surface area contributed by atoms with Gasteiger partial charge in [-0.1, -0.05) is 17.3 Å². The summed E-state index contributed by atoms with van der Waals surface area (Å²) in [5, 5.41) is 11.9. The molecule has 1 N–H and O–H groups in total. The summed E-state index contributed by atoms with van der Waals surface area (Å²) in [6.45, 7) is 4.56. The highest BCUT2D eigenvalue weighted by Gasteiger charge is 2.32. The first-order valence-electron chi connectivity index (χ1n) is 9.84. The number of aromatic nitrogens is 3. The molecule has 4 rings (SSSR count). The lowest BCUT2D eigenvalue weighted by atomic mass is 9.94. The number of halogens is 1. The second-order valence-corrected chi connectivity index (χ2v) is 7.51. The van der Waals surface area contributed by atoms with Crippen LogP contribution < -0.4 is 5.32 Å². The van der Waals surface area contributed by atoms with Crippen LogP contribution in [0, 0.1) is 12.7 Å². The highest BCUT2D eigenvalue weighted by atomic mass is 19.1. The van der Waals surface area contributed by atoms with E-state index in [0.29, 0.717) is 18.3 Å². The van der Waals surface area contributed by atoms with Gasteiger partial charge >= 0.3 is 0 Å². The predicted molar refractivity (Wildman–Crippen MR) is 99.9 cm³/mol. The number of nitrogens with zero attached hydrogens (tertiary/aromatic N) is 4. The van der Waals surface area contributed by atoms with Gasteiger partial charge < -0.3 is 10.2 Å². The predicted octanol–water partition coefficient (Wildman–Crippen LogP) is 3.02. The van der Waals surface area contributed by atoms with Gasteiger partial charge in [0.15, 0.2) is 5.69 Å². The lowest BCUT2D eigenvalue weighted by Gasteiger charge is -2.35. The first kappa shape index (κ1) is 18.1. The van der Waals surface area contributed by atoms with E-state index in [2.05, 4.69) is 15.6 Å². The molecule has 2 aliphatic rings. The fourth-order valence-corrected chi connectivity index (χ4v) is 4.28. The molecule has 0 saturated carbocycles. The fourth-order valence-electron chi connectivity index (χ4n) is 4.28. The third-order valence-electron chi connectivity index (χ3n) is 5.80. The van der Waals surface area contributed by atoms with Crippen molar-refractivity contribution < 1.29 is 9.18 Å². The minimum absolute atomic E-state index is 0.0321. The summed E-state index contributed by atoms with van der Waals surface area (Å²) >= 11 is 0. The minimum atomic E-state index is -0.256. The zero-order valence-electron chi connectivity index (χ0n) is 15.7. The maximum Gasteiger partial charge on any atom is 0.276 e. The van der Waals surface area contributed by atoms with Crippen LogP contribution in [0.2, 0.25) is 0 Å². The van der Waals surface area contributed by atoms with Crippen LogP contribution in [-0.4, -0.2) is 45.4 Å². The van der Waals surface area contributed by atoms with E-state index in [0.717, 1.165) is 56.5 Å². The van der Waals surface area contributed by atoms with Gasteiger partial charge in [0.25, 0.3) is 5.91 Å². The van der Waals surface area contributed by atoms with E-state index in [9.17, 15) is 9.18 Å². The Balaban J connectivity index is 1.58. The van der Waals surface area contributed by atoms with Gasteiger partial charge in [0, 0.05) is 6.54 Å². The van der Waals surface area contributed by atoms with Crippen molar-refractivity contribution >= 4 is 5.91 Å². The summed E-state index contributed by atoms with van der Waals surface area (Å²) in [7, 11) is 0. The molecule has 2 aromatic rings. The lowest BCUT2D eigenvalue weighted by Crippen LogP contribution is -2.39. The molecule has 2 fully saturated rings. The Morgan fingerprint density at radius 3 is 2.63 bits per heavy atom. The molecule has 0 bridgehead atoms. The van der Waals surface area contributed by atoms with Crippen molar-refractivity contribution in [3.8, 4) is 0 Å². The van der Waals surface area contributed by atoms with E-state index in [1.807, 2.05) is 16.5 Å². The van der Waals surface area contributed by atoms with Crippen LogP contribution in [0.15, 0.2) is 24.3 Å². The highest BCUT2D eigenvalue weighted by Crippen LogP contribution is 2.32. The number of amides is 1. The topological polar surface area (TPSA) is 63.1 Å². The number of benzene rings is 1.